The van der Waals surface area contributed by atoms with Gasteiger partial charge >= 0.3 is 0 Å². The molecule has 5 heteroatoms. The number of aryl methyl sites for hydroxylation is 1. The minimum absolute atomic E-state index is 0.118. The fourth-order valence-electron chi connectivity index (χ4n) is 6.23. The number of piperidine rings is 1. The summed E-state index contributed by atoms with van der Waals surface area (Å²) in [6.07, 6.45) is 4.87. The lowest BCUT2D eigenvalue weighted by Gasteiger charge is -2.43. The molecule has 1 fully saturated rings. The van der Waals surface area contributed by atoms with E-state index in [2.05, 4.69) is 29.2 Å². The quantitative estimate of drug-likeness (QED) is 0.524. The number of carbonyl (C=O) groups is 1. The van der Waals surface area contributed by atoms with Crippen LogP contribution in [0.1, 0.15) is 51.5 Å². The van der Waals surface area contributed by atoms with E-state index in [-0.39, 0.29) is 11.3 Å². The normalized spacial score (nSPS) is 22.5. The van der Waals surface area contributed by atoms with Gasteiger partial charge in [-0.15, -0.1) is 0 Å². The molecule has 5 nitrogen and oxygen atoms in total. The van der Waals surface area contributed by atoms with Crippen LogP contribution in [0.3, 0.4) is 0 Å². The maximum absolute atomic E-state index is 13.1. The van der Waals surface area contributed by atoms with Gasteiger partial charge in [-0.05, 0) is 60.6 Å². The Kier molecular flexibility index (Phi) is 5.65. The van der Waals surface area contributed by atoms with Crippen LogP contribution < -0.4 is 10.3 Å². The van der Waals surface area contributed by atoms with Crippen molar-refractivity contribution >= 4 is 11.9 Å². The van der Waals surface area contributed by atoms with E-state index in [1.165, 1.54) is 5.69 Å². The number of aromatic nitrogens is 1. The van der Waals surface area contributed by atoms with Gasteiger partial charge in [0.2, 0.25) is 0 Å². The molecule has 0 saturated carbocycles. The molecular formula is C30H30N2O3. The van der Waals surface area contributed by atoms with Crippen molar-refractivity contribution < 1.29 is 9.53 Å². The van der Waals surface area contributed by atoms with Crippen LogP contribution in [0.4, 0.5) is 0 Å². The average Bonchev–Trinajstić information content (AvgIpc) is 2.87. The number of rotatable bonds is 4. The van der Waals surface area contributed by atoms with Crippen LogP contribution in [-0.2, 0) is 19.5 Å². The van der Waals surface area contributed by atoms with Crippen LogP contribution >= 0.6 is 0 Å². The maximum Gasteiger partial charge on any atom is 0.250 e. The van der Waals surface area contributed by atoms with Gasteiger partial charge in [0.15, 0.2) is 5.78 Å². The Hall–Kier alpha value is -3.44. The van der Waals surface area contributed by atoms with Crippen LogP contribution in [0.15, 0.2) is 71.0 Å². The van der Waals surface area contributed by atoms with Gasteiger partial charge in [0.25, 0.3) is 5.56 Å². The summed E-state index contributed by atoms with van der Waals surface area (Å²) in [6, 6.07) is 19.8. The van der Waals surface area contributed by atoms with E-state index in [0.29, 0.717) is 11.8 Å². The van der Waals surface area contributed by atoms with Gasteiger partial charge in [-0.2, -0.15) is 0 Å². The lowest BCUT2D eigenvalue weighted by molar-refractivity contribution is 0.102. The van der Waals surface area contributed by atoms with E-state index in [0.717, 1.165) is 79.0 Å². The number of fused-ring (bicyclic) bond motifs is 5. The van der Waals surface area contributed by atoms with E-state index in [9.17, 15) is 9.59 Å². The molecule has 0 unspecified atom stereocenters. The third kappa shape index (κ3) is 4.14. The highest BCUT2D eigenvalue weighted by molar-refractivity contribution is 6.13. The topological polar surface area (TPSA) is 51.5 Å². The molecule has 0 amide bonds. The highest BCUT2D eigenvalue weighted by Crippen LogP contribution is 2.36. The Morgan fingerprint density at radius 1 is 0.971 bits per heavy atom. The molecule has 3 heterocycles. The second kappa shape index (κ2) is 8.97. The van der Waals surface area contributed by atoms with Gasteiger partial charge in [0, 0.05) is 60.6 Å². The first-order valence-electron chi connectivity index (χ1n) is 12.5. The van der Waals surface area contributed by atoms with Crippen molar-refractivity contribution in [2.24, 2.45) is 5.92 Å². The largest absolute Gasteiger partial charge is 0.496 e. The van der Waals surface area contributed by atoms with Crippen LogP contribution in [0.25, 0.3) is 6.08 Å². The number of allylic oxidation sites excluding steroid dienone is 1. The highest BCUT2D eigenvalue weighted by atomic mass is 16.5. The summed E-state index contributed by atoms with van der Waals surface area (Å²) < 4.78 is 7.68. The van der Waals surface area contributed by atoms with Crippen LogP contribution in [0.5, 0.6) is 5.75 Å². The van der Waals surface area contributed by atoms with Crippen molar-refractivity contribution in [1.82, 2.24) is 9.47 Å². The minimum atomic E-state index is 0.118. The third-order valence-corrected chi connectivity index (χ3v) is 7.81. The Labute approximate surface area is 205 Å². The molecule has 6 rings (SSSR count). The lowest BCUT2D eigenvalue weighted by atomic mass is 9.83. The monoisotopic (exact) mass is 466 g/mol. The number of benzene rings is 2. The molecule has 2 atom stereocenters. The number of ketones is 1. The molecule has 0 spiro atoms. The highest BCUT2D eigenvalue weighted by Gasteiger charge is 2.34. The zero-order valence-electron chi connectivity index (χ0n) is 20.1. The summed E-state index contributed by atoms with van der Waals surface area (Å²) in [5, 5.41) is 0. The van der Waals surface area contributed by atoms with Crippen LogP contribution in [-0.4, -0.2) is 35.4 Å². The Morgan fingerprint density at radius 2 is 1.86 bits per heavy atom. The number of methoxy groups -OCH3 is 1. The smallest absolute Gasteiger partial charge is 0.250 e. The van der Waals surface area contributed by atoms with Crippen molar-refractivity contribution in [2.75, 3.05) is 20.2 Å². The number of hydrogen-bond donors (Lipinski definition) is 0. The Balaban J connectivity index is 1.25. The van der Waals surface area contributed by atoms with Crippen molar-refractivity contribution in [1.29, 1.82) is 0 Å². The standard InChI is InChI=1S/C30H30N2O3/c1-35-28-12-9-20(13-23-11-10-22-5-2-3-6-26(22)30(23)34)14-25(28)19-31-16-21-15-24(18-31)27-7-4-8-29(33)32(27)17-21/h2-9,12-14,21,24H,10-11,15-19H2,1H3/b23-13+/t21-,24+/m0/s1. The van der Waals surface area contributed by atoms with E-state index < -0.39 is 0 Å². The summed E-state index contributed by atoms with van der Waals surface area (Å²) >= 11 is 0. The number of likely N-dealkylation sites (tertiary alicyclic amines) is 1. The fourth-order valence-corrected chi connectivity index (χ4v) is 6.23. The second-order valence-corrected chi connectivity index (χ2v) is 10.1. The number of nitrogens with zero attached hydrogens (tertiary/aromatic N) is 2. The molecule has 1 saturated heterocycles. The molecule has 2 aliphatic heterocycles. The Morgan fingerprint density at radius 3 is 2.74 bits per heavy atom. The van der Waals surface area contributed by atoms with Crippen LogP contribution in [0.2, 0.25) is 0 Å². The first kappa shape index (κ1) is 22.1. The second-order valence-electron chi connectivity index (χ2n) is 10.1. The summed E-state index contributed by atoms with van der Waals surface area (Å²) in [7, 11) is 1.71. The van der Waals surface area contributed by atoms with Gasteiger partial charge in [0.1, 0.15) is 5.75 Å². The van der Waals surface area contributed by atoms with E-state index >= 15 is 0 Å². The first-order valence-corrected chi connectivity index (χ1v) is 12.5. The predicted octanol–water partition coefficient (Wildman–Crippen LogP) is 4.69. The van der Waals surface area contributed by atoms with Gasteiger partial charge < -0.3 is 9.30 Å². The van der Waals surface area contributed by atoms with Gasteiger partial charge in [0.05, 0.1) is 7.11 Å². The maximum atomic E-state index is 13.1. The van der Waals surface area contributed by atoms with E-state index in [1.54, 1.807) is 13.2 Å². The molecule has 178 valence electrons. The number of ether oxygens (including phenoxy) is 1. The van der Waals surface area contributed by atoms with Gasteiger partial charge in [-0.3, -0.25) is 14.5 Å². The SMILES string of the molecule is COc1ccc(/C=C2\CCc3ccccc3C2=O)cc1CN1C[C@@H]2C[C@H](C1)c1cccc(=O)n1C2. The molecule has 2 aromatic carbocycles. The van der Waals surface area contributed by atoms with Crippen molar-refractivity contribution in [3.63, 3.8) is 0 Å². The Bertz CT molecular complexity index is 1390. The predicted molar refractivity (Wildman–Crippen MR) is 137 cm³/mol. The summed E-state index contributed by atoms with van der Waals surface area (Å²) in [5.74, 6) is 1.88. The van der Waals surface area contributed by atoms with Crippen molar-refractivity contribution in [2.45, 2.75) is 38.3 Å². The van der Waals surface area contributed by atoms with E-state index in [4.69, 9.17) is 4.74 Å². The molecule has 35 heavy (non-hydrogen) atoms. The molecule has 0 N–H and O–H groups in total. The molecule has 2 bridgehead atoms. The summed E-state index contributed by atoms with van der Waals surface area (Å²) in [5.41, 5.74) is 6.30. The first-order chi connectivity index (χ1) is 17.1. The third-order valence-electron chi connectivity index (χ3n) is 7.81. The number of Topliss-reactive ketones (excluding diaryl/α,β-unsaturated/α-hetero) is 1. The zero-order chi connectivity index (χ0) is 23.9. The fraction of sp³-hybridized carbons (Fsp3) is 0.333. The molecular weight excluding hydrogens is 436 g/mol. The van der Waals surface area contributed by atoms with Gasteiger partial charge in [-0.1, -0.05) is 36.4 Å². The number of carbonyl (C=O) groups excluding carboxylic acids is 1. The lowest BCUT2D eigenvalue weighted by Crippen LogP contribution is -2.46. The molecule has 3 aliphatic rings. The molecule has 3 aromatic rings. The van der Waals surface area contributed by atoms with Gasteiger partial charge in [-0.25, -0.2) is 0 Å². The van der Waals surface area contributed by atoms with Crippen LogP contribution in [0, 0.1) is 5.92 Å². The van der Waals surface area contributed by atoms with E-state index in [1.807, 2.05) is 41.0 Å². The number of hydrogen-bond acceptors (Lipinski definition) is 4. The van der Waals surface area contributed by atoms with Crippen molar-refractivity contribution in [3.05, 3.63) is 105 Å². The van der Waals surface area contributed by atoms with Crippen molar-refractivity contribution in [3.8, 4) is 5.75 Å². The number of pyridine rings is 1. The summed E-state index contributed by atoms with van der Waals surface area (Å²) in [6.45, 7) is 3.50. The summed E-state index contributed by atoms with van der Waals surface area (Å²) in [4.78, 5) is 27.9. The average molecular weight is 467 g/mol. The molecule has 0 radical (unpaired) electrons. The molecule has 1 aromatic heterocycles. The minimum Gasteiger partial charge on any atom is -0.496 e. The molecule has 1 aliphatic carbocycles. The zero-order valence-corrected chi connectivity index (χ0v) is 20.1.